The van der Waals surface area contributed by atoms with Crippen molar-refractivity contribution in [3.05, 3.63) is 51.5 Å². The van der Waals surface area contributed by atoms with Crippen molar-refractivity contribution in [3.8, 4) is 5.75 Å². The van der Waals surface area contributed by atoms with Gasteiger partial charge in [-0.3, -0.25) is 15.8 Å². The van der Waals surface area contributed by atoms with Crippen molar-refractivity contribution in [2.45, 2.75) is 25.0 Å². The lowest BCUT2D eigenvalue weighted by Gasteiger charge is -2.33. The van der Waals surface area contributed by atoms with E-state index in [2.05, 4.69) is 27.6 Å². The molecule has 0 radical (unpaired) electrons. The largest absolute Gasteiger partial charge is 0.496 e. The number of rotatable bonds is 7. The third-order valence-corrected chi connectivity index (χ3v) is 5.27. The van der Waals surface area contributed by atoms with E-state index in [1.807, 2.05) is 24.3 Å². The van der Waals surface area contributed by atoms with Crippen LogP contribution >= 0.6 is 0 Å². The number of likely N-dealkylation sites (tertiary alicyclic amines) is 1. The summed E-state index contributed by atoms with van der Waals surface area (Å²) in [5.41, 5.74) is 7.20. The van der Waals surface area contributed by atoms with Gasteiger partial charge in [0.1, 0.15) is 12.0 Å². The van der Waals surface area contributed by atoms with Gasteiger partial charge in [-0.25, -0.2) is 4.99 Å². The van der Waals surface area contributed by atoms with Crippen LogP contribution in [0.2, 0.25) is 0 Å². The zero-order valence-electron chi connectivity index (χ0n) is 16.4. The van der Waals surface area contributed by atoms with Crippen LogP contribution in [-0.4, -0.2) is 55.6 Å². The van der Waals surface area contributed by atoms with E-state index in [9.17, 15) is 10.1 Å². The molecule has 9 heteroatoms. The molecule has 0 bridgehead atoms. The summed E-state index contributed by atoms with van der Waals surface area (Å²) >= 11 is 0. The molecule has 1 fully saturated rings. The molecule has 9 nitrogen and oxygen atoms in total. The molecule has 1 unspecified atom stereocenters. The summed E-state index contributed by atoms with van der Waals surface area (Å²) in [5.74, 6) is 0.299. The van der Waals surface area contributed by atoms with E-state index in [0.717, 1.165) is 31.5 Å². The third-order valence-electron chi connectivity index (χ3n) is 5.27. The topological polar surface area (TPSA) is 118 Å². The fraction of sp³-hybridized carbons (Fsp3) is 0.526. The summed E-state index contributed by atoms with van der Waals surface area (Å²) in [7, 11) is 3.70. The normalized spacial score (nSPS) is 23.4. The number of nitro groups is 1. The predicted octanol–water partition coefficient (Wildman–Crippen LogP) is 0.901. The number of benzene rings is 1. The SMILES string of the molecule is COc1ccccc1CC1(N)N=CC([N+](=O)[O-])=C(NCC2CCN(C)CC2)N1. The third kappa shape index (κ3) is 4.79. The lowest BCUT2D eigenvalue weighted by molar-refractivity contribution is -0.416. The maximum Gasteiger partial charge on any atom is 0.326 e. The van der Waals surface area contributed by atoms with Crippen LogP contribution < -0.4 is 21.1 Å². The van der Waals surface area contributed by atoms with Gasteiger partial charge in [0.25, 0.3) is 0 Å². The van der Waals surface area contributed by atoms with Crippen LogP contribution in [0.3, 0.4) is 0 Å². The molecule has 2 aliphatic rings. The first-order valence-corrected chi connectivity index (χ1v) is 9.45. The lowest BCUT2D eigenvalue weighted by Crippen LogP contribution is -2.58. The highest BCUT2D eigenvalue weighted by molar-refractivity contribution is 5.77. The number of hydrogen-bond donors (Lipinski definition) is 3. The molecule has 4 N–H and O–H groups in total. The molecule has 2 heterocycles. The van der Waals surface area contributed by atoms with Crippen molar-refractivity contribution in [3.63, 3.8) is 0 Å². The van der Waals surface area contributed by atoms with Crippen LogP contribution in [0.4, 0.5) is 0 Å². The lowest BCUT2D eigenvalue weighted by atomic mass is 9.97. The average molecular weight is 388 g/mol. The zero-order chi connectivity index (χ0) is 20.1. The highest BCUT2D eigenvalue weighted by Gasteiger charge is 2.34. The minimum atomic E-state index is -1.19. The average Bonchev–Trinajstić information content (AvgIpc) is 2.67. The molecule has 2 aliphatic heterocycles. The summed E-state index contributed by atoms with van der Waals surface area (Å²) in [6.07, 6.45) is 3.70. The van der Waals surface area contributed by atoms with E-state index in [-0.39, 0.29) is 5.70 Å². The van der Waals surface area contributed by atoms with E-state index in [1.165, 1.54) is 6.21 Å². The Labute approximate surface area is 164 Å². The maximum atomic E-state index is 11.4. The predicted molar refractivity (Wildman–Crippen MR) is 107 cm³/mol. The van der Waals surface area contributed by atoms with Crippen molar-refractivity contribution in [1.82, 2.24) is 15.5 Å². The molecule has 1 aromatic rings. The van der Waals surface area contributed by atoms with Gasteiger partial charge in [0, 0.05) is 13.0 Å². The van der Waals surface area contributed by atoms with Gasteiger partial charge in [-0.15, -0.1) is 0 Å². The van der Waals surface area contributed by atoms with Crippen molar-refractivity contribution in [2.75, 3.05) is 33.8 Å². The number of nitrogens with zero attached hydrogens (tertiary/aromatic N) is 3. The van der Waals surface area contributed by atoms with Crippen LogP contribution in [0.5, 0.6) is 5.75 Å². The Kier molecular flexibility index (Phi) is 6.15. The number of para-hydroxylation sites is 1. The van der Waals surface area contributed by atoms with E-state index in [0.29, 0.717) is 30.5 Å². The van der Waals surface area contributed by atoms with Gasteiger partial charge in [-0.05, 0) is 50.5 Å². The smallest absolute Gasteiger partial charge is 0.326 e. The van der Waals surface area contributed by atoms with Gasteiger partial charge in [0.05, 0.1) is 12.0 Å². The van der Waals surface area contributed by atoms with Gasteiger partial charge in [-0.1, -0.05) is 18.2 Å². The first kappa shape index (κ1) is 20.1. The van der Waals surface area contributed by atoms with Crippen LogP contribution in [0.15, 0.2) is 40.8 Å². The second-order valence-corrected chi connectivity index (χ2v) is 7.44. The number of ether oxygens (including phenoxy) is 1. The van der Waals surface area contributed by atoms with Crippen molar-refractivity contribution in [2.24, 2.45) is 16.6 Å². The quantitative estimate of drug-likeness (QED) is 0.469. The van der Waals surface area contributed by atoms with Crippen molar-refractivity contribution in [1.29, 1.82) is 0 Å². The van der Waals surface area contributed by atoms with Gasteiger partial charge < -0.3 is 20.3 Å². The number of allylic oxidation sites excluding steroid dienone is 1. The van der Waals surface area contributed by atoms with Crippen LogP contribution in [0.25, 0.3) is 0 Å². The second-order valence-electron chi connectivity index (χ2n) is 7.44. The molecule has 0 aromatic heterocycles. The molecule has 1 atom stereocenters. The summed E-state index contributed by atoms with van der Waals surface area (Å²) in [6, 6.07) is 7.53. The molecular weight excluding hydrogens is 360 g/mol. The van der Waals surface area contributed by atoms with E-state index >= 15 is 0 Å². The number of piperidine rings is 1. The Morgan fingerprint density at radius 1 is 1.43 bits per heavy atom. The standard InChI is InChI=1S/C19H28N6O3/c1-24-9-7-14(8-10-24)12-21-18-16(25(26)27)13-22-19(20,23-18)11-15-5-3-4-6-17(15)28-2/h3-6,13-14,21,23H,7-12,20H2,1-2H3. The second kappa shape index (κ2) is 8.57. The number of aliphatic imine (C=N–C) groups is 1. The fourth-order valence-corrected chi connectivity index (χ4v) is 3.57. The summed E-state index contributed by atoms with van der Waals surface area (Å²) in [4.78, 5) is 17.5. The molecule has 0 amide bonds. The monoisotopic (exact) mass is 388 g/mol. The molecule has 3 rings (SSSR count). The highest BCUT2D eigenvalue weighted by Crippen LogP contribution is 2.24. The Hall–Kier alpha value is -2.65. The number of methoxy groups -OCH3 is 1. The van der Waals surface area contributed by atoms with Gasteiger partial charge in [0.15, 0.2) is 11.6 Å². The van der Waals surface area contributed by atoms with Gasteiger partial charge in [-0.2, -0.15) is 0 Å². The number of nitrogens with one attached hydrogen (secondary N) is 2. The van der Waals surface area contributed by atoms with Gasteiger partial charge in [0.2, 0.25) is 0 Å². The molecular formula is C19H28N6O3. The number of nitrogens with two attached hydrogens (primary N) is 1. The highest BCUT2D eigenvalue weighted by atomic mass is 16.6. The Bertz CT molecular complexity index is 773. The van der Waals surface area contributed by atoms with E-state index in [4.69, 9.17) is 10.5 Å². The van der Waals surface area contributed by atoms with E-state index < -0.39 is 10.7 Å². The van der Waals surface area contributed by atoms with E-state index in [1.54, 1.807) is 7.11 Å². The van der Waals surface area contributed by atoms with Crippen LogP contribution in [-0.2, 0) is 6.42 Å². The fourth-order valence-electron chi connectivity index (χ4n) is 3.57. The first-order chi connectivity index (χ1) is 13.4. The van der Waals surface area contributed by atoms with Crippen LogP contribution in [0, 0.1) is 16.0 Å². The molecule has 152 valence electrons. The molecule has 1 aromatic carbocycles. The van der Waals surface area contributed by atoms with Gasteiger partial charge >= 0.3 is 5.70 Å². The first-order valence-electron chi connectivity index (χ1n) is 9.45. The van der Waals surface area contributed by atoms with Crippen molar-refractivity contribution >= 4 is 6.21 Å². The molecule has 0 spiro atoms. The Morgan fingerprint density at radius 2 is 2.14 bits per heavy atom. The summed E-state index contributed by atoms with van der Waals surface area (Å²) < 4.78 is 5.38. The minimum absolute atomic E-state index is 0.103. The zero-order valence-corrected chi connectivity index (χ0v) is 16.4. The molecule has 0 aliphatic carbocycles. The summed E-state index contributed by atoms with van der Waals surface area (Å²) in [6.45, 7) is 2.74. The summed E-state index contributed by atoms with van der Waals surface area (Å²) in [5, 5.41) is 17.7. The Balaban J connectivity index is 1.72. The Morgan fingerprint density at radius 3 is 2.82 bits per heavy atom. The molecule has 0 saturated carbocycles. The molecule has 1 saturated heterocycles. The van der Waals surface area contributed by atoms with Crippen LogP contribution in [0.1, 0.15) is 18.4 Å². The maximum absolute atomic E-state index is 11.4. The number of hydrogen-bond acceptors (Lipinski definition) is 8. The van der Waals surface area contributed by atoms with Crippen molar-refractivity contribution < 1.29 is 9.66 Å². The molecule has 28 heavy (non-hydrogen) atoms. The minimum Gasteiger partial charge on any atom is -0.496 e.